The van der Waals surface area contributed by atoms with Crippen molar-refractivity contribution in [2.75, 3.05) is 13.1 Å². The van der Waals surface area contributed by atoms with Gasteiger partial charge >= 0.3 is 0 Å². The van der Waals surface area contributed by atoms with Gasteiger partial charge in [-0.2, -0.15) is 0 Å². The Bertz CT molecular complexity index is 381. The Balaban J connectivity index is 1.78. The number of hydrogen-bond acceptors (Lipinski definition) is 2. The van der Waals surface area contributed by atoms with Crippen molar-refractivity contribution in [3.05, 3.63) is 35.9 Å². The minimum absolute atomic E-state index is 0.447. The van der Waals surface area contributed by atoms with Crippen LogP contribution in [0.15, 0.2) is 30.3 Å². The van der Waals surface area contributed by atoms with Crippen molar-refractivity contribution in [1.29, 1.82) is 0 Å². The highest BCUT2D eigenvalue weighted by molar-refractivity contribution is 5.16. The van der Waals surface area contributed by atoms with E-state index in [1.165, 1.54) is 44.3 Å². The minimum Gasteiger partial charge on any atom is -0.311 e. The minimum atomic E-state index is 0.447. The molecule has 98 valence electrons. The summed E-state index contributed by atoms with van der Waals surface area (Å²) in [6.07, 6.45) is 5.56. The molecule has 1 aromatic carbocycles. The highest BCUT2D eigenvalue weighted by Gasteiger charge is 2.42. The molecule has 2 aliphatic rings. The fraction of sp³-hybridized carbons (Fsp3) is 0.625. The van der Waals surface area contributed by atoms with Gasteiger partial charge in [0.15, 0.2) is 0 Å². The van der Waals surface area contributed by atoms with Gasteiger partial charge in [0.1, 0.15) is 0 Å². The van der Waals surface area contributed by atoms with Crippen LogP contribution in [-0.4, -0.2) is 29.6 Å². The van der Waals surface area contributed by atoms with Gasteiger partial charge in [-0.3, -0.25) is 4.90 Å². The fourth-order valence-electron chi connectivity index (χ4n) is 3.63. The van der Waals surface area contributed by atoms with Crippen molar-refractivity contribution < 1.29 is 0 Å². The number of rotatable bonds is 2. The van der Waals surface area contributed by atoms with Crippen LogP contribution < -0.4 is 5.32 Å². The molecule has 1 spiro atoms. The molecule has 0 bridgehead atoms. The number of benzene rings is 1. The summed E-state index contributed by atoms with van der Waals surface area (Å²) in [6.45, 7) is 5.79. The lowest BCUT2D eigenvalue weighted by atomic mass is 9.90. The predicted octanol–water partition coefficient (Wildman–Crippen LogP) is 2.79. The number of nitrogens with one attached hydrogen (secondary N) is 1. The van der Waals surface area contributed by atoms with E-state index in [1.54, 1.807) is 0 Å². The van der Waals surface area contributed by atoms with Crippen molar-refractivity contribution in [3.8, 4) is 0 Å². The van der Waals surface area contributed by atoms with Crippen molar-refractivity contribution >= 4 is 0 Å². The van der Waals surface area contributed by atoms with Gasteiger partial charge in [-0.15, -0.1) is 0 Å². The summed E-state index contributed by atoms with van der Waals surface area (Å²) in [5.41, 5.74) is 1.90. The van der Waals surface area contributed by atoms with Gasteiger partial charge in [-0.25, -0.2) is 0 Å². The van der Waals surface area contributed by atoms with Crippen LogP contribution in [-0.2, 0) is 6.54 Å². The van der Waals surface area contributed by atoms with E-state index in [4.69, 9.17) is 0 Å². The molecule has 1 saturated heterocycles. The van der Waals surface area contributed by atoms with Crippen LogP contribution in [0.1, 0.15) is 38.2 Å². The Kier molecular flexibility index (Phi) is 3.40. The van der Waals surface area contributed by atoms with E-state index in [2.05, 4.69) is 47.5 Å². The zero-order valence-electron chi connectivity index (χ0n) is 11.4. The number of piperazine rings is 1. The Hall–Kier alpha value is -0.860. The second-order valence-electron chi connectivity index (χ2n) is 6.08. The van der Waals surface area contributed by atoms with Gasteiger partial charge in [0.05, 0.1) is 0 Å². The first-order valence-corrected chi connectivity index (χ1v) is 7.31. The van der Waals surface area contributed by atoms with Gasteiger partial charge in [-0.1, -0.05) is 43.2 Å². The third-order valence-corrected chi connectivity index (χ3v) is 4.70. The molecule has 0 aromatic heterocycles. The van der Waals surface area contributed by atoms with E-state index < -0.39 is 0 Å². The topological polar surface area (TPSA) is 15.3 Å². The summed E-state index contributed by atoms with van der Waals surface area (Å²) in [5, 5.41) is 3.69. The summed E-state index contributed by atoms with van der Waals surface area (Å²) in [7, 11) is 0. The normalized spacial score (nSPS) is 27.7. The van der Waals surface area contributed by atoms with Crippen LogP contribution in [0.3, 0.4) is 0 Å². The Labute approximate surface area is 110 Å². The average Bonchev–Trinajstić information content (AvgIpc) is 2.85. The van der Waals surface area contributed by atoms with Crippen LogP contribution in [0.5, 0.6) is 0 Å². The molecule has 1 aromatic rings. The second-order valence-corrected chi connectivity index (χ2v) is 6.08. The van der Waals surface area contributed by atoms with Crippen molar-refractivity contribution in [2.45, 2.75) is 50.7 Å². The van der Waals surface area contributed by atoms with Gasteiger partial charge in [0, 0.05) is 31.2 Å². The molecule has 18 heavy (non-hydrogen) atoms. The lowest BCUT2D eigenvalue weighted by Gasteiger charge is -2.48. The van der Waals surface area contributed by atoms with Gasteiger partial charge in [0.2, 0.25) is 0 Å². The van der Waals surface area contributed by atoms with Crippen molar-refractivity contribution in [1.82, 2.24) is 10.2 Å². The zero-order chi connectivity index (χ0) is 12.4. The van der Waals surface area contributed by atoms with Crippen LogP contribution in [0.4, 0.5) is 0 Å². The second kappa shape index (κ2) is 5.02. The van der Waals surface area contributed by atoms with Crippen LogP contribution in [0, 0.1) is 0 Å². The molecule has 1 aliphatic heterocycles. The van der Waals surface area contributed by atoms with Crippen molar-refractivity contribution in [2.24, 2.45) is 0 Å². The molecule has 0 amide bonds. The maximum Gasteiger partial charge on any atom is 0.0338 e. The van der Waals surface area contributed by atoms with Crippen LogP contribution >= 0.6 is 0 Å². The van der Waals surface area contributed by atoms with E-state index in [0.29, 0.717) is 11.6 Å². The largest absolute Gasteiger partial charge is 0.311 e. The first kappa shape index (κ1) is 12.2. The molecule has 1 heterocycles. The molecule has 0 radical (unpaired) electrons. The summed E-state index contributed by atoms with van der Waals surface area (Å²) >= 11 is 0. The molecule has 3 rings (SSSR count). The smallest absolute Gasteiger partial charge is 0.0338 e. The van der Waals surface area contributed by atoms with E-state index in [1.807, 2.05) is 0 Å². The summed E-state index contributed by atoms with van der Waals surface area (Å²) < 4.78 is 0. The van der Waals surface area contributed by atoms with Gasteiger partial charge < -0.3 is 5.32 Å². The molecule has 2 fully saturated rings. The fourth-order valence-corrected chi connectivity index (χ4v) is 3.63. The maximum absolute atomic E-state index is 3.69. The highest BCUT2D eigenvalue weighted by Crippen LogP contribution is 2.37. The third kappa shape index (κ3) is 2.32. The molecule has 2 nitrogen and oxygen atoms in total. The van der Waals surface area contributed by atoms with Gasteiger partial charge in [0.25, 0.3) is 0 Å². The van der Waals surface area contributed by atoms with Crippen LogP contribution in [0.2, 0.25) is 0 Å². The van der Waals surface area contributed by atoms with Crippen LogP contribution in [0.25, 0.3) is 0 Å². The lowest BCUT2D eigenvalue weighted by molar-refractivity contribution is 0.0393. The summed E-state index contributed by atoms with van der Waals surface area (Å²) in [5.74, 6) is 0. The predicted molar refractivity (Wildman–Crippen MR) is 75.5 cm³/mol. The first-order chi connectivity index (χ1) is 8.78. The van der Waals surface area contributed by atoms with E-state index in [-0.39, 0.29) is 0 Å². The van der Waals surface area contributed by atoms with Crippen molar-refractivity contribution in [3.63, 3.8) is 0 Å². The molecule has 1 saturated carbocycles. The zero-order valence-corrected chi connectivity index (χ0v) is 11.4. The quantitative estimate of drug-likeness (QED) is 0.860. The van der Waals surface area contributed by atoms with E-state index in [9.17, 15) is 0 Å². The molecular weight excluding hydrogens is 220 g/mol. The Morgan fingerprint density at radius 1 is 1.22 bits per heavy atom. The number of hydrogen-bond donors (Lipinski definition) is 1. The SMILES string of the molecule is C[C@@H]1CN(Cc2ccccc2)C2(CCCC2)CN1. The molecule has 1 aliphatic carbocycles. The number of nitrogens with zero attached hydrogens (tertiary/aromatic N) is 1. The molecule has 1 N–H and O–H groups in total. The first-order valence-electron chi connectivity index (χ1n) is 7.31. The molecule has 2 heteroatoms. The third-order valence-electron chi connectivity index (χ3n) is 4.70. The highest BCUT2D eigenvalue weighted by atomic mass is 15.3. The Morgan fingerprint density at radius 2 is 1.94 bits per heavy atom. The standard InChI is InChI=1S/C16H24N2/c1-14-11-18(12-15-7-3-2-4-8-15)16(13-17-14)9-5-6-10-16/h2-4,7-8,14,17H,5-6,9-13H2,1H3/t14-/m1/s1. The van der Waals surface area contributed by atoms with E-state index >= 15 is 0 Å². The van der Waals surface area contributed by atoms with Gasteiger partial charge in [-0.05, 0) is 25.3 Å². The monoisotopic (exact) mass is 244 g/mol. The Morgan fingerprint density at radius 3 is 2.67 bits per heavy atom. The average molecular weight is 244 g/mol. The summed E-state index contributed by atoms with van der Waals surface area (Å²) in [6, 6.07) is 11.6. The summed E-state index contributed by atoms with van der Waals surface area (Å²) in [4.78, 5) is 2.75. The molecule has 0 unspecified atom stereocenters. The molecule has 1 atom stereocenters. The molecular formula is C16H24N2. The lowest BCUT2D eigenvalue weighted by Crippen LogP contribution is -2.62. The van der Waals surface area contributed by atoms with E-state index in [0.717, 1.165) is 6.54 Å². The maximum atomic E-state index is 3.69.